The number of ether oxygens (including phenoxy) is 3. The first-order valence-electron chi connectivity index (χ1n) is 16.8. The molecule has 5 aliphatic rings. The standard InChI is InChI=1S/C39H41NO8/c1-37-13-12-25(42)16-23(37)8-10-28-30-18-34-39(33(44)20-41,38(30,2)19-31(43)35(28)37)48-36(47-34)29-17-26(9-11-27(29)32-7-4-14-45-32)46-21-22-5-3-6-24(40)15-22/h3-7,9,11-17,28,30-31,34-36,41,43H,8,10,18-21,40H2,1-2H3/t28-,30-,31-,34+,35+,36-,37-,38-,39+/m0/s1. The van der Waals surface area contributed by atoms with Crippen LogP contribution in [0.3, 0.4) is 0 Å². The Kier molecular flexibility index (Phi) is 7.34. The van der Waals surface area contributed by atoms with Gasteiger partial charge in [0.15, 0.2) is 23.5 Å². The Bertz CT molecular complexity index is 1830. The first-order chi connectivity index (χ1) is 23.1. The summed E-state index contributed by atoms with van der Waals surface area (Å²) in [5, 5.41) is 22.4. The fraction of sp³-hybridized carbons (Fsp3) is 0.436. The van der Waals surface area contributed by atoms with Crippen molar-refractivity contribution in [2.45, 2.75) is 70.2 Å². The van der Waals surface area contributed by atoms with E-state index in [0.29, 0.717) is 42.2 Å². The van der Waals surface area contributed by atoms with Crippen molar-refractivity contribution in [1.29, 1.82) is 0 Å². The molecule has 9 atom stereocenters. The Labute approximate surface area is 279 Å². The Balaban J connectivity index is 1.15. The fourth-order valence-electron chi connectivity index (χ4n) is 10.2. The molecule has 0 spiro atoms. The minimum absolute atomic E-state index is 0.00530. The highest BCUT2D eigenvalue weighted by Crippen LogP contribution is 2.70. The lowest BCUT2D eigenvalue weighted by Crippen LogP contribution is -2.63. The van der Waals surface area contributed by atoms with Crippen LogP contribution in [0.2, 0.25) is 0 Å². The molecule has 4 fully saturated rings. The van der Waals surface area contributed by atoms with Crippen LogP contribution in [0.25, 0.3) is 11.3 Å². The predicted molar refractivity (Wildman–Crippen MR) is 176 cm³/mol. The number of carbonyl (C=O) groups excluding carboxylic acids is 2. The number of fused-ring (bicyclic) bond motifs is 7. The predicted octanol–water partition coefficient (Wildman–Crippen LogP) is 5.71. The Morgan fingerprint density at radius 3 is 2.75 bits per heavy atom. The molecule has 250 valence electrons. The number of allylic oxidation sites excluding steroid dienone is 4. The largest absolute Gasteiger partial charge is 0.489 e. The number of nitrogen functional groups attached to an aromatic ring is 1. The maximum atomic E-state index is 14.1. The molecular weight excluding hydrogens is 610 g/mol. The van der Waals surface area contributed by atoms with Crippen molar-refractivity contribution in [1.82, 2.24) is 0 Å². The van der Waals surface area contributed by atoms with E-state index in [1.165, 1.54) is 0 Å². The van der Waals surface area contributed by atoms with Gasteiger partial charge in [-0.1, -0.05) is 37.6 Å². The van der Waals surface area contributed by atoms with Crippen LogP contribution in [0.4, 0.5) is 5.69 Å². The number of benzene rings is 2. The van der Waals surface area contributed by atoms with Gasteiger partial charge in [0.05, 0.1) is 18.5 Å². The summed E-state index contributed by atoms with van der Waals surface area (Å²) < 4.78 is 25.6. The van der Waals surface area contributed by atoms with E-state index < -0.39 is 47.3 Å². The zero-order chi connectivity index (χ0) is 33.4. The van der Waals surface area contributed by atoms with Gasteiger partial charge in [0, 0.05) is 33.6 Å². The molecule has 1 saturated heterocycles. The third-order valence-corrected chi connectivity index (χ3v) is 12.2. The number of hydrogen-bond donors (Lipinski definition) is 3. The molecule has 2 heterocycles. The summed E-state index contributed by atoms with van der Waals surface area (Å²) in [5.74, 6) is 0.681. The maximum absolute atomic E-state index is 14.1. The van der Waals surface area contributed by atoms with Crippen LogP contribution in [0.15, 0.2) is 89.1 Å². The normalized spacial score (nSPS) is 36.5. The zero-order valence-electron chi connectivity index (χ0n) is 27.1. The quantitative estimate of drug-likeness (QED) is 0.274. The van der Waals surface area contributed by atoms with Gasteiger partial charge >= 0.3 is 0 Å². The molecule has 3 saturated carbocycles. The van der Waals surface area contributed by atoms with Crippen LogP contribution in [-0.4, -0.2) is 46.2 Å². The van der Waals surface area contributed by atoms with Crippen molar-refractivity contribution < 1.29 is 38.4 Å². The molecule has 3 aromatic rings. The van der Waals surface area contributed by atoms with Gasteiger partial charge < -0.3 is 34.6 Å². The van der Waals surface area contributed by atoms with Gasteiger partial charge in [-0.25, -0.2) is 0 Å². The van der Waals surface area contributed by atoms with Gasteiger partial charge in [-0.05, 0) is 97.7 Å². The summed E-state index contributed by atoms with van der Waals surface area (Å²) in [6, 6.07) is 16.8. The van der Waals surface area contributed by atoms with E-state index in [0.717, 1.165) is 29.5 Å². The molecule has 9 heteroatoms. The maximum Gasteiger partial charge on any atom is 0.193 e. The van der Waals surface area contributed by atoms with Crippen molar-refractivity contribution in [2.24, 2.45) is 28.6 Å². The average Bonchev–Trinajstić information content (AvgIpc) is 3.79. The topological polar surface area (TPSA) is 141 Å². The molecular formula is C39H41NO8. The molecule has 2 aromatic carbocycles. The van der Waals surface area contributed by atoms with Crippen molar-refractivity contribution >= 4 is 17.3 Å². The lowest BCUT2D eigenvalue weighted by Gasteiger charge is -2.59. The van der Waals surface area contributed by atoms with E-state index in [1.807, 2.05) is 61.5 Å². The van der Waals surface area contributed by atoms with E-state index in [9.17, 15) is 19.8 Å². The summed E-state index contributed by atoms with van der Waals surface area (Å²) in [7, 11) is 0. The van der Waals surface area contributed by atoms with Crippen molar-refractivity contribution in [3.63, 3.8) is 0 Å². The van der Waals surface area contributed by atoms with Crippen LogP contribution in [0, 0.1) is 28.6 Å². The van der Waals surface area contributed by atoms with Crippen LogP contribution < -0.4 is 10.5 Å². The number of Topliss-reactive ketones (excluding diaryl/α,β-unsaturated/α-hetero) is 1. The summed E-state index contributed by atoms with van der Waals surface area (Å²) in [6.45, 7) is 3.74. The molecule has 1 aliphatic heterocycles. The molecule has 8 rings (SSSR count). The van der Waals surface area contributed by atoms with Gasteiger partial charge in [0.1, 0.15) is 24.7 Å². The van der Waals surface area contributed by atoms with Gasteiger partial charge in [-0.2, -0.15) is 0 Å². The van der Waals surface area contributed by atoms with E-state index in [-0.39, 0.29) is 23.5 Å². The first-order valence-corrected chi connectivity index (χ1v) is 16.8. The van der Waals surface area contributed by atoms with E-state index >= 15 is 0 Å². The number of hydrogen-bond acceptors (Lipinski definition) is 9. The number of nitrogens with two attached hydrogens (primary N) is 1. The molecule has 0 unspecified atom stereocenters. The second-order valence-corrected chi connectivity index (χ2v) is 14.6. The van der Waals surface area contributed by atoms with E-state index in [4.69, 9.17) is 24.4 Å². The van der Waals surface area contributed by atoms with Crippen molar-refractivity contribution in [2.75, 3.05) is 12.3 Å². The molecule has 9 nitrogen and oxygen atoms in total. The highest BCUT2D eigenvalue weighted by Gasteiger charge is 2.76. The monoisotopic (exact) mass is 651 g/mol. The summed E-state index contributed by atoms with van der Waals surface area (Å²) in [5.41, 5.74) is 7.24. The van der Waals surface area contributed by atoms with Gasteiger partial charge in [-0.3, -0.25) is 9.59 Å². The van der Waals surface area contributed by atoms with Crippen molar-refractivity contribution in [3.8, 4) is 17.1 Å². The number of carbonyl (C=O) groups is 2. The summed E-state index contributed by atoms with van der Waals surface area (Å²) >= 11 is 0. The molecule has 4 aliphatic carbocycles. The third kappa shape index (κ3) is 4.51. The molecule has 0 amide bonds. The number of aliphatic hydroxyl groups excluding tert-OH is 2. The van der Waals surface area contributed by atoms with Crippen LogP contribution in [-0.2, 0) is 25.7 Å². The summed E-state index contributed by atoms with van der Waals surface area (Å²) in [4.78, 5) is 26.3. The molecule has 48 heavy (non-hydrogen) atoms. The number of furan rings is 1. The lowest BCUT2D eigenvalue weighted by atomic mass is 9.46. The number of aliphatic hydroxyl groups is 2. The second-order valence-electron chi connectivity index (χ2n) is 14.6. The van der Waals surface area contributed by atoms with Gasteiger partial charge in [0.25, 0.3) is 0 Å². The lowest BCUT2D eigenvalue weighted by molar-refractivity contribution is -0.201. The second kappa shape index (κ2) is 11.3. The number of ketones is 2. The van der Waals surface area contributed by atoms with Crippen LogP contribution in [0.5, 0.6) is 5.75 Å². The Morgan fingerprint density at radius 2 is 1.98 bits per heavy atom. The highest BCUT2D eigenvalue weighted by atomic mass is 16.7. The minimum Gasteiger partial charge on any atom is -0.489 e. The van der Waals surface area contributed by atoms with Gasteiger partial charge in [0.2, 0.25) is 0 Å². The van der Waals surface area contributed by atoms with Crippen LogP contribution >= 0.6 is 0 Å². The molecule has 1 aromatic heterocycles. The fourth-order valence-corrected chi connectivity index (χ4v) is 10.2. The third-order valence-electron chi connectivity index (χ3n) is 12.2. The smallest absolute Gasteiger partial charge is 0.193 e. The van der Waals surface area contributed by atoms with E-state index in [1.54, 1.807) is 24.5 Å². The Hall–Kier alpha value is -4.02. The van der Waals surface area contributed by atoms with Gasteiger partial charge in [-0.15, -0.1) is 0 Å². The molecule has 0 bridgehead atoms. The highest BCUT2D eigenvalue weighted by molar-refractivity contribution is 6.01. The van der Waals surface area contributed by atoms with Crippen molar-refractivity contribution in [3.05, 3.63) is 95.8 Å². The Morgan fingerprint density at radius 1 is 1.12 bits per heavy atom. The number of anilines is 1. The summed E-state index contributed by atoms with van der Waals surface area (Å²) in [6.07, 6.45) is 6.95. The number of rotatable bonds is 7. The minimum atomic E-state index is -1.47. The van der Waals surface area contributed by atoms with Crippen LogP contribution in [0.1, 0.15) is 56.9 Å². The molecule has 4 N–H and O–H groups in total. The molecule has 0 radical (unpaired) electrons. The zero-order valence-corrected chi connectivity index (χ0v) is 27.1. The first kappa shape index (κ1) is 31.3. The SMILES string of the molecule is C[C@]12C=CC(=O)C=C1CC[C@@H]1[C@@H]2[C@@H](O)C[C@@]2(C)[C@H]1C[C@H]1O[C@H](c3cc(OCc4cccc(N)c4)ccc3-c3ccco3)O[C@]12C(=O)CO. The van der Waals surface area contributed by atoms with E-state index in [2.05, 4.69) is 6.92 Å². The average molecular weight is 652 g/mol.